The highest BCUT2D eigenvalue weighted by Crippen LogP contribution is 2.13. The summed E-state index contributed by atoms with van der Waals surface area (Å²) in [6.45, 7) is 4.14. The average Bonchev–Trinajstić information content (AvgIpc) is 2.78. The Morgan fingerprint density at radius 3 is 2.82 bits per heavy atom. The fourth-order valence-electron chi connectivity index (χ4n) is 1.37. The molecule has 0 aliphatic carbocycles. The maximum absolute atomic E-state index is 5.95. The molecule has 0 aromatic carbocycles. The zero-order chi connectivity index (χ0) is 12.3. The monoisotopic (exact) mass is 232 g/mol. The molecule has 0 radical (unpaired) electrons. The van der Waals surface area contributed by atoms with Gasteiger partial charge in [0.1, 0.15) is 5.69 Å². The van der Waals surface area contributed by atoms with E-state index in [1.54, 1.807) is 6.20 Å². The lowest BCUT2D eigenvalue weighted by Crippen LogP contribution is -2.28. The molecule has 0 saturated heterocycles. The van der Waals surface area contributed by atoms with Crippen molar-refractivity contribution in [1.29, 1.82) is 0 Å². The first-order valence-corrected chi connectivity index (χ1v) is 5.66. The molecule has 0 amide bonds. The molecular formula is C12H16N4O. The molecule has 17 heavy (non-hydrogen) atoms. The molecule has 2 heterocycles. The topological polar surface area (TPSA) is 77.8 Å². The Hall–Kier alpha value is -1.75. The molecular weight excluding hydrogens is 216 g/mol. The summed E-state index contributed by atoms with van der Waals surface area (Å²) in [5, 5.41) is 3.89. The third-order valence-electron chi connectivity index (χ3n) is 2.63. The Bertz CT molecular complexity index is 466. The fraction of sp³-hybridized carbons (Fsp3) is 0.417. The Morgan fingerprint density at radius 1 is 1.35 bits per heavy atom. The molecule has 1 unspecified atom stereocenters. The SMILES string of the molecule is CC(C)C(N)Cc1nc(-c2ccccn2)no1. The molecule has 0 bridgehead atoms. The number of rotatable bonds is 4. The van der Waals surface area contributed by atoms with Gasteiger partial charge in [0.2, 0.25) is 11.7 Å². The molecule has 2 rings (SSSR count). The summed E-state index contributed by atoms with van der Waals surface area (Å²) in [5.74, 6) is 1.46. The number of hydrogen-bond acceptors (Lipinski definition) is 5. The Morgan fingerprint density at radius 2 is 2.18 bits per heavy atom. The smallest absolute Gasteiger partial charge is 0.228 e. The lowest BCUT2D eigenvalue weighted by Gasteiger charge is -2.11. The second-order valence-corrected chi connectivity index (χ2v) is 4.34. The van der Waals surface area contributed by atoms with Crippen LogP contribution in [0.5, 0.6) is 0 Å². The maximum atomic E-state index is 5.95. The minimum Gasteiger partial charge on any atom is -0.339 e. The Kier molecular flexibility index (Phi) is 3.49. The molecule has 1 atom stereocenters. The van der Waals surface area contributed by atoms with E-state index < -0.39 is 0 Å². The Labute approximate surface area is 100 Å². The summed E-state index contributed by atoms with van der Waals surface area (Å²) in [6.07, 6.45) is 2.29. The predicted molar refractivity (Wildman–Crippen MR) is 64.0 cm³/mol. The lowest BCUT2D eigenvalue weighted by molar-refractivity contribution is 0.353. The molecule has 0 fully saturated rings. The normalized spacial score (nSPS) is 12.9. The lowest BCUT2D eigenvalue weighted by atomic mass is 10.0. The molecule has 2 aromatic rings. The van der Waals surface area contributed by atoms with Gasteiger partial charge in [0.05, 0.1) is 0 Å². The molecule has 90 valence electrons. The van der Waals surface area contributed by atoms with Gasteiger partial charge in [-0.25, -0.2) is 0 Å². The van der Waals surface area contributed by atoms with Crippen molar-refractivity contribution in [1.82, 2.24) is 15.1 Å². The number of aromatic nitrogens is 3. The molecule has 0 spiro atoms. The molecule has 0 aliphatic heterocycles. The number of nitrogens with zero attached hydrogens (tertiary/aromatic N) is 3. The summed E-state index contributed by atoms with van der Waals surface area (Å²) in [6, 6.07) is 5.61. The van der Waals surface area contributed by atoms with E-state index in [2.05, 4.69) is 29.0 Å². The van der Waals surface area contributed by atoms with E-state index in [0.29, 0.717) is 29.7 Å². The van der Waals surface area contributed by atoms with Gasteiger partial charge in [-0.3, -0.25) is 4.98 Å². The number of nitrogens with two attached hydrogens (primary N) is 1. The Balaban J connectivity index is 2.12. The first-order chi connectivity index (χ1) is 8.16. The van der Waals surface area contributed by atoms with Crippen LogP contribution >= 0.6 is 0 Å². The van der Waals surface area contributed by atoms with Crippen molar-refractivity contribution in [3.05, 3.63) is 30.3 Å². The summed E-state index contributed by atoms with van der Waals surface area (Å²) >= 11 is 0. The highest BCUT2D eigenvalue weighted by Gasteiger charge is 2.14. The van der Waals surface area contributed by atoms with Crippen LogP contribution in [0.25, 0.3) is 11.5 Å². The van der Waals surface area contributed by atoms with Crippen LogP contribution in [0.4, 0.5) is 0 Å². The molecule has 2 aromatic heterocycles. The second kappa shape index (κ2) is 5.05. The van der Waals surface area contributed by atoms with Gasteiger partial charge in [-0.15, -0.1) is 0 Å². The summed E-state index contributed by atoms with van der Waals surface area (Å²) in [5.41, 5.74) is 6.66. The van der Waals surface area contributed by atoms with Gasteiger partial charge in [0.15, 0.2) is 0 Å². The van der Waals surface area contributed by atoms with Crippen molar-refractivity contribution in [3.63, 3.8) is 0 Å². The standard InChI is InChI=1S/C12H16N4O/c1-8(2)9(13)7-11-15-12(16-17-11)10-5-3-4-6-14-10/h3-6,8-9H,7,13H2,1-2H3. The van der Waals surface area contributed by atoms with E-state index in [-0.39, 0.29) is 6.04 Å². The van der Waals surface area contributed by atoms with Crippen LogP contribution in [-0.4, -0.2) is 21.2 Å². The molecule has 0 saturated carbocycles. The van der Waals surface area contributed by atoms with Crippen LogP contribution in [0, 0.1) is 5.92 Å². The molecule has 2 N–H and O–H groups in total. The first kappa shape index (κ1) is 11.7. The molecule has 5 heteroatoms. The highest BCUT2D eigenvalue weighted by atomic mass is 16.5. The van der Waals surface area contributed by atoms with Gasteiger partial charge >= 0.3 is 0 Å². The van der Waals surface area contributed by atoms with Crippen LogP contribution < -0.4 is 5.73 Å². The molecule has 5 nitrogen and oxygen atoms in total. The third kappa shape index (κ3) is 2.88. The maximum Gasteiger partial charge on any atom is 0.228 e. The largest absolute Gasteiger partial charge is 0.339 e. The van der Waals surface area contributed by atoms with Crippen molar-refractivity contribution in [2.75, 3.05) is 0 Å². The van der Waals surface area contributed by atoms with Crippen LogP contribution in [0.1, 0.15) is 19.7 Å². The van der Waals surface area contributed by atoms with Crippen molar-refractivity contribution in [2.45, 2.75) is 26.3 Å². The predicted octanol–water partition coefficient (Wildman–Crippen LogP) is 1.66. The van der Waals surface area contributed by atoms with E-state index in [4.69, 9.17) is 10.3 Å². The van der Waals surface area contributed by atoms with E-state index >= 15 is 0 Å². The summed E-state index contributed by atoms with van der Waals surface area (Å²) < 4.78 is 5.16. The van der Waals surface area contributed by atoms with Gasteiger partial charge in [0.25, 0.3) is 0 Å². The fourth-order valence-corrected chi connectivity index (χ4v) is 1.37. The van der Waals surface area contributed by atoms with Gasteiger partial charge in [-0.1, -0.05) is 25.1 Å². The third-order valence-corrected chi connectivity index (χ3v) is 2.63. The first-order valence-electron chi connectivity index (χ1n) is 5.66. The van der Waals surface area contributed by atoms with Crippen molar-refractivity contribution in [3.8, 4) is 11.5 Å². The number of pyridine rings is 1. The second-order valence-electron chi connectivity index (χ2n) is 4.34. The van der Waals surface area contributed by atoms with E-state index in [0.717, 1.165) is 0 Å². The van der Waals surface area contributed by atoms with Crippen molar-refractivity contribution < 1.29 is 4.52 Å². The number of hydrogen-bond donors (Lipinski definition) is 1. The van der Waals surface area contributed by atoms with Gasteiger partial charge < -0.3 is 10.3 Å². The average molecular weight is 232 g/mol. The van der Waals surface area contributed by atoms with E-state index in [9.17, 15) is 0 Å². The minimum atomic E-state index is 0.0343. The van der Waals surface area contributed by atoms with Gasteiger partial charge in [-0.05, 0) is 18.1 Å². The van der Waals surface area contributed by atoms with Gasteiger partial charge in [-0.2, -0.15) is 4.98 Å². The zero-order valence-electron chi connectivity index (χ0n) is 10.00. The van der Waals surface area contributed by atoms with Crippen LogP contribution in [0.3, 0.4) is 0 Å². The van der Waals surface area contributed by atoms with Crippen LogP contribution in [0.15, 0.2) is 28.9 Å². The summed E-state index contributed by atoms with van der Waals surface area (Å²) in [4.78, 5) is 8.44. The molecule has 0 aliphatic rings. The highest BCUT2D eigenvalue weighted by molar-refractivity contribution is 5.46. The van der Waals surface area contributed by atoms with Gasteiger partial charge in [0, 0.05) is 18.7 Å². The van der Waals surface area contributed by atoms with E-state index in [1.807, 2.05) is 18.2 Å². The van der Waals surface area contributed by atoms with Crippen LogP contribution in [0.2, 0.25) is 0 Å². The van der Waals surface area contributed by atoms with Crippen molar-refractivity contribution >= 4 is 0 Å². The van der Waals surface area contributed by atoms with E-state index in [1.165, 1.54) is 0 Å². The summed E-state index contributed by atoms with van der Waals surface area (Å²) in [7, 11) is 0. The zero-order valence-corrected chi connectivity index (χ0v) is 10.00. The van der Waals surface area contributed by atoms with Crippen LogP contribution in [-0.2, 0) is 6.42 Å². The quantitative estimate of drug-likeness (QED) is 0.867. The minimum absolute atomic E-state index is 0.0343. The van der Waals surface area contributed by atoms with Crippen molar-refractivity contribution in [2.24, 2.45) is 11.7 Å².